The normalized spacial score (nSPS) is 11.2. The Hall–Kier alpha value is -3.41. The number of hydrogen-bond donors (Lipinski definition) is 2. The third-order valence-corrected chi connectivity index (χ3v) is 4.52. The van der Waals surface area contributed by atoms with Crippen molar-refractivity contribution < 1.29 is 14.3 Å². The Morgan fingerprint density at radius 3 is 2.31 bits per heavy atom. The van der Waals surface area contributed by atoms with Crippen molar-refractivity contribution in [3.63, 3.8) is 0 Å². The molecule has 3 rings (SSSR count). The number of nitrogens with one attached hydrogen (secondary N) is 2. The molecule has 0 aliphatic rings. The molecule has 0 aliphatic heterocycles. The Morgan fingerprint density at radius 2 is 1.66 bits per heavy atom. The Balaban J connectivity index is 1.82. The van der Waals surface area contributed by atoms with Crippen molar-refractivity contribution in [2.24, 2.45) is 5.41 Å². The number of hydrogen-bond acceptors (Lipinski definition) is 4. The second-order valence-electron chi connectivity index (χ2n) is 7.92. The molecule has 0 radical (unpaired) electrons. The van der Waals surface area contributed by atoms with Gasteiger partial charge in [-0.05, 0) is 43.3 Å². The molecule has 2 aromatic carbocycles. The molecule has 0 saturated heterocycles. The number of rotatable bonds is 4. The number of anilines is 2. The number of benzene rings is 2. The van der Waals surface area contributed by atoms with Gasteiger partial charge in [-0.15, -0.1) is 0 Å². The molecule has 0 saturated carbocycles. The van der Waals surface area contributed by atoms with Crippen molar-refractivity contribution in [3.05, 3.63) is 59.8 Å². The molecule has 6 heteroatoms. The molecule has 150 valence electrons. The SMILES string of the molecule is COc1ccc2cc(C(=O)Nc3cccc(NC(=O)C(C)(C)C)c3)c(C)nc2c1. The number of carbonyl (C=O) groups excluding carboxylic acids is 2. The monoisotopic (exact) mass is 391 g/mol. The topological polar surface area (TPSA) is 80.3 Å². The number of carbonyl (C=O) groups is 2. The smallest absolute Gasteiger partial charge is 0.257 e. The number of aryl methyl sites for hydroxylation is 1. The predicted octanol–water partition coefficient (Wildman–Crippen LogP) is 4.79. The summed E-state index contributed by atoms with van der Waals surface area (Å²) >= 11 is 0. The lowest BCUT2D eigenvalue weighted by atomic mass is 9.95. The van der Waals surface area contributed by atoms with Crippen LogP contribution in [0.5, 0.6) is 5.75 Å². The summed E-state index contributed by atoms with van der Waals surface area (Å²) in [5, 5.41) is 6.61. The summed E-state index contributed by atoms with van der Waals surface area (Å²) in [5.41, 5.74) is 2.60. The Bertz CT molecular complexity index is 1080. The second-order valence-corrected chi connectivity index (χ2v) is 7.92. The van der Waals surface area contributed by atoms with E-state index >= 15 is 0 Å². The molecular weight excluding hydrogens is 366 g/mol. The van der Waals surface area contributed by atoms with Gasteiger partial charge < -0.3 is 15.4 Å². The van der Waals surface area contributed by atoms with Crippen LogP contribution in [0.4, 0.5) is 11.4 Å². The first-order chi connectivity index (χ1) is 13.7. The first-order valence-electron chi connectivity index (χ1n) is 9.35. The van der Waals surface area contributed by atoms with E-state index in [2.05, 4.69) is 15.6 Å². The van der Waals surface area contributed by atoms with Gasteiger partial charge in [-0.25, -0.2) is 0 Å². The molecule has 0 bridgehead atoms. The zero-order valence-corrected chi connectivity index (χ0v) is 17.3. The molecule has 2 N–H and O–H groups in total. The van der Waals surface area contributed by atoms with Crippen LogP contribution in [0.1, 0.15) is 36.8 Å². The summed E-state index contributed by atoms with van der Waals surface area (Å²) in [6.07, 6.45) is 0. The highest BCUT2D eigenvalue weighted by atomic mass is 16.5. The number of nitrogens with zero attached hydrogens (tertiary/aromatic N) is 1. The van der Waals surface area contributed by atoms with Gasteiger partial charge >= 0.3 is 0 Å². The summed E-state index contributed by atoms with van der Waals surface area (Å²) in [5.74, 6) is 0.369. The fraction of sp³-hybridized carbons (Fsp3) is 0.261. The van der Waals surface area contributed by atoms with Crippen LogP contribution in [-0.2, 0) is 4.79 Å². The zero-order valence-electron chi connectivity index (χ0n) is 17.3. The van der Waals surface area contributed by atoms with Gasteiger partial charge in [-0.1, -0.05) is 26.8 Å². The molecule has 6 nitrogen and oxygen atoms in total. The molecule has 0 aliphatic carbocycles. The average Bonchev–Trinajstić information content (AvgIpc) is 2.66. The molecule has 1 heterocycles. The van der Waals surface area contributed by atoms with Crippen molar-refractivity contribution in [1.82, 2.24) is 4.98 Å². The summed E-state index contributed by atoms with van der Waals surface area (Å²) in [6.45, 7) is 7.34. The summed E-state index contributed by atoms with van der Waals surface area (Å²) < 4.78 is 5.23. The lowest BCUT2D eigenvalue weighted by Gasteiger charge is -2.18. The Labute approximate surface area is 170 Å². The van der Waals surface area contributed by atoms with Gasteiger partial charge in [-0.2, -0.15) is 0 Å². The molecule has 0 fully saturated rings. The highest BCUT2D eigenvalue weighted by molar-refractivity contribution is 6.07. The van der Waals surface area contributed by atoms with Gasteiger partial charge in [0.25, 0.3) is 5.91 Å². The van der Waals surface area contributed by atoms with Gasteiger partial charge in [0.1, 0.15) is 5.75 Å². The minimum atomic E-state index is -0.504. The van der Waals surface area contributed by atoms with Gasteiger partial charge in [0.15, 0.2) is 0 Å². The van der Waals surface area contributed by atoms with E-state index in [1.807, 2.05) is 45.0 Å². The lowest BCUT2D eigenvalue weighted by molar-refractivity contribution is -0.123. The van der Waals surface area contributed by atoms with E-state index in [0.717, 1.165) is 16.7 Å². The molecule has 29 heavy (non-hydrogen) atoms. The number of amides is 2. The van der Waals surface area contributed by atoms with Gasteiger partial charge in [-0.3, -0.25) is 14.6 Å². The van der Waals surface area contributed by atoms with Crippen LogP contribution >= 0.6 is 0 Å². The van der Waals surface area contributed by atoms with Crippen LogP contribution in [0.15, 0.2) is 48.5 Å². The molecule has 0 atom stereocenters. The highest BCUT2D eigenvalue weighted by Crippen LogP contribution is 2.24. The zero-order chi connectivity index (χ0) is 21.2. The predicted molar refractivity (Wildman–Crippen MR) is 116 cm³/mol. The van der Waals surface area contributed by atoms with E-state index in [9.17, 15) is 9.59 Å². The van der Waals surface area contributed by atoms with Crippen molar-refractivity contribution in [1.29, 1.82) is 0 Å². The van der Waals surface area contributed by atoms with Crippen LogP contribution in [0.2, 0.25) is 0 Å². The molecule has 3 aromatic rings. The number of pyridine rings is 1. The average molecular weight is 391 g/mol. The number of fused-ring (bicyclic) bond motifs is 1. The van der Waals surface area contributed by atoms with E-state index in [1.54, 1.807) is 38.3 Å². The van der Waals surface area contributed by atoms with E-state index in [1.165, 1.54) is 0 Å². The largest absolute Gasteiger partial charge is 0.497 e. The highest BCUT2D eigenvalue weighted by Gasteiger charge is 2.21. The maximum atomic E-state index is 12.8. The van der Waals surface area contributed by atoms with Crippen LogP contribution in [0.3, 0.4) is 0 Å². The maximum Gasteiger partial charge on any atom is 0.257 e. The van der Waals surface area contributed by atoms with Crippen LogP contribution in [0, 0.1) is 12.3 Å². The lowest BCUT2D eigenvalue weighted by Crippen LogP contribution is -2.27. The molecule has 2 amide bonds. The van der Waals surface area contributed by atoms with E-state index < -0.39 is 5.41 Å². The van der Waals surface area contributed by atoms with Crippen molar-refractivity contribution in [2.75, 3.05) is 17.7 Å². The Kier molecular flexibility index (Phi) is 5.55. The fourth-order valence-electron chi connectivity index (χ4n) is 2.79. The minimum absolute atomic E-state index is 0.0917. The van der Waals surface area contributed by atoms with Gasteiger partial charge in [0, 0.05) is 28.2 Å². The van der Waals surface area contributed by atoms with Crippen LogP contribution < -0.4 is 15.4 Å². The molecule has 0 spiro atoms. The summed E-state index contributed by atoms with van der Waals surface area (Å²) in [6, 6.07) is 14.4. The quantitative estimate of drug-likeness (QED) is 0.670. The minimum Gasteiger partial charge on any atom is -0.497 e. The molecule has 0 unspecified atom stereocenters. The fourth-order valence-corrected chi connectivity index (χ4v) is 2.79. The first kappa shape index (κ1) is 20.3. The standard InChI is InChI=1S/C23H25N3O3/c1-14-19(11-15-9-10-18(29-5)13-20(15)24-14)21(27)25-16-7-6-8-17(12-16)26-22(28)23(2,3)4/h6-13H,1-5H3,(H,25,27)(H,26,28). The first-order valence-corrected chi connectivity index (χ1v) is 9.35. The Morgan fingerprint density at radius 1 is 0.966 bits per heavy atom. The number of aromatic nitrogens is 1. The van der Waals surface area contributed by atoms with E-state index in [-0.39, 0.29) is 11.8 Å². The summed E-state index contributed by atoms with van der Waals surface area (Å²) in [7, 11) is 1.61. The summed E-state index contributed by atoms with van der Waals surface area (Å²) in [4.78, 5) is 29.6. The third kappa shape index (κ3) is 4.71. The van der Waals surface area contributed by atoms with E-state index in [0.29, 0.717) is 22.6 Å². The second kappa shape index (κ2) is 7.91. The van der Waals surface area contributed by atoms with Gasteiger partial charge in [0.05, 0.1) is 23.9 Å². The maximum absolute atomic E-state index is 12.8. The van der Waals surface area contributed by atoms with Crippen LogP contribution in [-0.4, -0.2) is 23.9 Å². The molecule has 1 aromatic heterocycles. The third-order valence-electron chi connectivity index (χ3n) is 4.52. The van der Waals surface area contributed by atoms with Crippen LogP contribution in [0.25, 0.3) is 10.9 Å². The van der Waals surface area contributed by atoms with Crippen molar-refractivity contribution in [2.45, 2.75) is 27.7 Å². The van der Waals surface area contributed by atoms with E-state index in [4.69, 9.17) is 4.74 Å². The van der Waals surface area contributed by atoms with Crippen molar-refractivity contribution >= 4 is 34.1 Å². The molecular formula is C23H25N3O3. The number of methoxy groups -OCH3 is 1. The van der Waals surface area contributed by atoms with Gasteiger partial charge in [0.2, 0.25) is 5.91 Å². The number of ether oxygens (including phenoxy) is 1. The van der Waals surface area contributed by atoms with Crippen molar-refractivity contribution in [3.8, 4) is 5.75 Å².